The lowest BCUT2D eigenvalue weighted by Gasteiger charge is -2.42. The van der Waals surface area contributed by atoms with Gasteiger partial charge < -0.3 is 9.67 Å². The fraction of sp³-hybridized carbons (Fsp3) is 0.647. The molecule has 2 N–H and O–H groups in total. The maximum Gasteiger partial charge on any atom is 0.240 e. The van der Waals surface area contributed by atoms with Gasteiger partial charge in [0.15, 0.2) is 0 Å². The summed E-state index contributed by atoms with van der Waals surface area (Å²) in [4.78, 5) is 19.0. The molecular weight excluding hydrogens is 352 g/mol. The summed E-state index contributed by atoms with van der Waals surface area (Å²) in [5.41, 5.74) is -0.910. The SMILES string of the molecule is CCc1nnc(NC(=O)CN2C3CCC2CC(O)(c2nccn2C)C3)s1. The van der Waals surface area contributed by atoms with Crippen LogP contribution in [-0.4, -0.2) is 54.3 Å². The van der Waals surface area contributed by atoms with E-state index in [1.54, 1.807) is 6.20 Å². The number of hydrogen-bond donors (Lipinski definition) is 2. The minimum absolute atomic E-state index is 0.0665. The summed E-state index contributed by atoms with van der Waals surface area (Å²) in [7, 11) is 1.91. The summed E-state index contributed by atoms with van der Waals surface area (Å²) >= 11 is 1.42. The quantitative estimate of drug-likeness (QED) is 0.816. The average Bonchev–Trinajstić information content (AvgIpc) is 3.28. The zero-order valence-corrected chi connectivity index (χ0v) is 15.9. The molecule has 2 aliphatic rings. The van der Waals surface area contributed by atoms with Crippen LogP contribution in [0.1, 0.15) is 43.4 Å². The van der Waals surface area contributed by atoms with Gasteiger partial charge in [-0.15, -0.1) is 10.2 Å². The molecule has 0 spiro atoms. The summed E-state index contributed by atoms with van der Waals surface area (Å²) in [5.74, 6) is 0.655. The van der Waals surface area contributed by atoms with Crippen LogP contribution in [-0.2, 0) is 23.9 Å². The molecule has 2 bridgehead atoms. The molecule has 140 valence electrons. The van der Waals surface area contributed by atoms with Gasteiger partial charge >= 0.3 is 0 Å². The molecule has 2 aromatic rings. The monoisotopic (exact) mass is 376 g/mol. The molecule has 2 aliphatic heterocycles. The van der Waals surface area contributed by atoms with Gasteiger partial charge in [0.1, 0.15) is 16.4 Å². The summed E-state index contributed by atoms with van der Waals surface area (Å²) in [5, 5.41) is 23.5. The highest BCUT2D eigenvalue weighted by Crippen LogP contribution is 2.44. The van der Waals surface area contributed by atoms with E-state index in [0.717, 1.165) is 30.1 Å². The Balaban J connectivity index is 1.42. The van der Waals surface area contributed by atoms with Gasteiger partial charge in [-0.25, -0.2) is 4.98 Å². The molecule has 0 aromatic carbocycles. The number of piperidine rings is 1. The van der Waals surface area contributed by atoms with Crippen LogP contribution in [0.25, 0.3) is 0 Å². The van der Waals surface area contributed by atoms with E-state index in [9.17, 15) is 9.90 Å². The molecule has 2 fully saturated rings. The van der Waals surface area contributed by atoms with Gasteiger partial charge in [-0.1, -0.05) is 18.3 Å². The second-order valence-electron chi connectivity index (χ2n) is 7.26. The molecule has 4 heterocycles. The highest BCUT2D eigenvalue weighted by molar-refractivity contribution is 7.15. The first kappa shape index (κ1) is 17.6. The minimum Gasteiger partial charge on any atom is -0.382 e. The fourth-order valence-electron chi connectivity index (χ4n) is 4.34. The van der Waals surface area contributed by atoms with Crippen molar-refractivity contribution in [3.05, 3.63) is 23.2 Å². The third-order valence-corrected chi connectivity index (χ3v) is 6.48. The van der Waals surface area contributed by atoms with Crippen LogP contribution in [0, 0.1) is 0 Å². The second-order valence-corrected chi connectivity index (χ2v) is 8.32. The molecule has 0 radical (unpaired) electrons. The Kier molecular flexibility index (Phi) is 4.54. The Bertz CT molecular complexity index is 789. The lowest BCUT2D eigenvalue weighted by molar-refractivity contribution is -0.121. The van der Waals surface area contributed by atoms with Crippen LogP contribution in [0.3, 0.4) is 0 Å². The third kappa shape index (κ3) is 3.15. The summed E-state index contributed by atoms with van der Waals surface area (Å²) in [6.07, 6.45) is 7.63. The van der Waals surface area contributed by atoms with Gasteiger partial charge in [-0.05, 0) is 32.1 Å². The first-order valence-corrected chi connectivity index (χ1v) is 9.88. The second kappa shape index (κ2) is 6.71. The zero-order valence-electron chi connectivity index (χ0n) is 15.1. The lowest BCUT2D eigenvalue weighted by Crippen LogP contribution is -2.52. The molecule has 2 saturated heterocycles. The van der Waals surface area contributed by atoms with Gasteiger partial charge in [-0.2, -0.15) is 0 Å². The van der Waals surface area contributed by atoms with Gasteiger partial charge in [0.05, 0.1) is 6.54 Å². The van der Waals surface area contributed by atoms with Crippen molar-refractivity contribution in [3.63, 3.8) is 0 Å². The van der Waals surface area contributed by atoms with Crippen molar-refractivity contribution < 1.29 is 9.90 Å². The number of fused-ring (bicyclic) bond motifs is 2. The van der Waals surface area contributed by atoms with Crippen molar-refractivity contribution in [2.45, 2.75) is 56.7 Å². The number of amides is 1. The van der Waals surface area contributed by atoms with E-state index in [4.69, 9.17) is 0 Å². The molecular formula is C17H24N6O2S. The van der Waals surface area contributed by atoms with Crippen molar-refractivity contribution in [2.75, 3.05) is 11.9 Å². The van der Waals surface area contributed by atoms with Gasteiger partial charge in [0.25, 0.3) is 0 Å². The molecule has 26 heavy (non-hydrogen) atoms. The molecule has 2 aromatic heterocycles. The van der Waals surface area contributed by atoms with Crippen LogP contribution in [0.15, 0.2) is 12.4 Å². The van der Waals surface area contributed by atoms with E-state index in [1.807, 2.05) is 24.7 Å². The largest absolute Gasteiger partial charge is 0.382 e. The van der Waals surface area contributed by atoms with Gasteiger partial charge in [0.2, 0.25) is 11.0 Å². The molecule has 0 aliphatic carbocycles. The highest BCUT2D eigenvalue weighted by atomic mass is 32.1. The standard InChI is InChI=1S/C17H24N6O2S/c1-3-14-20-21-16(26-14)19-13(24)10-23-11-4-5-12(23)9-17(25,8-11)15-18-6-7-22(15)2/h6-7,11-12,25H,3-5,8-10H2,1-2H3,(H,19,21,24). The number of hydrogen-bond acceptors (Lipinski definition) is 7. The number of anilines is 1. The normalized spacial score (nSPS) is 28.4. The van der Waals surface area contributed by atoms with Crippen molar-refractivity contribution in [1.29, 1.82) is 0 Å². The Morgan fingerprint density at radius 1 is 1.38 bits per heavy atom. The van der Waals surface area contributed by atoms with Crippen molar-refractivity contribution in [1.82, 2.24) is 24.6 Å². The number of aliphatic hydroxyl groups is 1. The molecule has 1 amide bonds. The van der Waals surface area contributed by atoms with E-state index in [0.29, 0.717) is 24.5 Å². The molecule has 9 heteroatoms. The number of rotatable bonds is 5. The van der Waals surface area contributed by atoms with E-state index in [2.05, 4.69) is 25.4 Å². The number of nitrogens with one attached hydrogen (secondary N) is 1. The number of imidazole rings is 1. The maximum absolute atomic E-state index is 12.4. The zero-order chi connectivity index (χ0) is 18.3. The lowest BCUT2D eigenvalue weighted by atomic mass is 9.85. The summed E-state index contributed by atoms with van der Waals surface area (Å²) in [6, 6.07) is 0.392. The highest BCUT2D eigenvalue weighted by Gasteiger charge is 2.50. The van der Waals surface area contributed by atoms with Gasteiger partial charge in [0, 0.05) is 31.5 Å². The molecule has 4 rings (SSSR count). The van der Waals surface area contributed by atoms with Crippen LogP contribution < -0.4 is 5.32 Å². The summed E-state index contributed by atoms with van der Waals surface area (Å²) in [6.45, 7) is 2.34. The maximum atomic E-state index is 12.4. The van der Waals surface area contributed by atoms with E-state index in [1.165, 1.54) is 11.3 Å². The van der Waals surface area contributed by atoms with E-state index >= 15 is 0 Å². The van der Waals surface area contributed by atoms with Gasteiger partial charge in [-0.3, -0.25) is 15.0 Å². The predicted molar refractivity (Wildman–Crippen MR) is 97.8 cm³/mol. The minimum atomic E-state index is -0.910. The third-order valence-electron chi connectivity index (χ3n) is 5.50. The Hall–Kier alpha value is -1.84. The van der Waals surface area contributed by atoms with E-state index < -0.39 is 5.60 Å². The van der Waals surface area contributed by atoms with Crippen LogP contribution in [0.5, 0.6) is 0 Å². The Morgan fingerprint density at radius 2 is 2.12 bits per heavy atom. The first-order valence-electron chi connectivity index (χ1n) is 9.06. The Morgan fingerprint density at radius 3 is 2.69 bits per heavy atom. The smallest absolute Gasteiger partial charge is 0.240 e. The molecule has 2 unspecified atom stereocenters. The predicted octanol–water partition coefficient (Wildman–Crippen LogP) is 1.29. The number of carbonyl (C=O) groups excluding carboxylic acids is 1. The summed E-state index contributed by atoms with van der Waals surface area (Å²) < 4.78 is 1.89. The number of carbonyl (C=O) groups is 1. The molecule has 0 saturated carbocycles. The Labute approximate surface area is 156 Å². The van der Waals surface area contributed by atoms with Crippen molar-refractivity contribution in [3.8, 4) is 0 Å². The van der Waals surface area contributed by atoms with Crippen LogP contribution in [0.4, 0.5) is 5.13 Å². The van der Waals surface area contributed by atoms with Crippen LogP contribution in [0.2, 0.25) is 0 Å². The molecule has 8 nitrogen and oxygen atoms in total. The van der Waals surface area contributed by atoms with Crippen molar-refractivity contribution in [2.24, 2.45) is 7.05 Å². The fourth-order valence-corrected chi connectivity index (χ4v) is 5.04. The molecule has 2 atom stereocenters. The van der Waals surface area contributed by atoms with E-state index in [-0.39, 0.29) is 18.0 Å². The number of aryl methyl sites for hydroxylation is 2. The van der Waals surface area contributed by atoms with Crippen molar-refractivity contribution >= 4 is 22.4 Å². The first-order chi connectivity index (χ1) is 12.5. The average molecular weight is 376 g/mol. The number of nitrogens with zero attached hydrogens (tertiary/aromatic N) is 5. The van der Waals surface area contributed by atoms with Crippen LogP contribution >= 0.6 is 11.3 Å². The topological polar surface area (TPSA) is 96.2 Å². The number of aromatic nitrogens is 4.